The molecule has 0 spiro atoms. The topological polar surface area (TPSA) is 63.8 Å². The Morgan fingerprint density at radius 1 is 1.33 bits per heavy atom. The van der Waals surface area contributed by atoms with Crippen molar-refractivity contribution in [2.24, 2.45) is 0 Å². The minimum atomic E-state index is -0.395. The normalized spacial score (nSPS) is 12.0. The minimum absolute atomic E-state index is 0.122. The molecular formula is C19H12ClFN2O3S. The number of rotatable bonds is 3. The van der Waals surface area contributed by atoms with E-state index in [1.807, 2.05) is 0 Å². The molecule has 136 valence electrons. The van der Waals surface area contributed by atoms with Gasteiger partial charge in [0.2, 0.25) is 0 Å². The van der Waals surface area contributed by atoms with Crippen LogP contribution in [-0.4, -0.2) is 21.6 Å². The molecule has 0 bridgehead atoms. The second-order valence-corrected chi connectivity index (χ2v) is 7.14. The predicted octanol–water partition coefficient (Wildman–Crippen LogP) is 3.48. The second-order valence-electron chi connectivity index (χ2n) is 5.73. The van der Waals surface area contributed by atoms with Crippen molar-refractivity contribution in [2.75, 3.05) is 7.11 Å². The monoisotopic (exact) mass is 402 g/mol. The van der Waals surface area contributed by atoms with Gasteiger partial charge in [0.05, 0.1) is 22.4 Å². The number of nitrogens with zero attached hydrogens (tertiary/aromatic N) is 2. The zero-order valence-electron chi connectivity index (χ0n) is 13.9. The first kappa shape index (κ1) is 17.5. The summed E-state index contributed by atoms with van der Waals surface area (Å²) in [5.41, 5.74) is 1.07. The maximum atomic E-state index is 13.9. The number of thiazole rings is 1. The maximum absolute atomic E-state index is 13.9. The van der Waals surface area contributed by atoms with Crippen LogP contribution in [0.4, 0.5) is 4.39 Å². The molecule has 4 aromatic rings. The smallest absolute Gasteiger partial charge is 0.274 e. The first-order chi connectivity index (χ1) is 13.0. The lowest BCUT2D eigenvalue weighted by Crippen LogP contribution is -2.22. The summed E-state index contributed by atoms with van der Waals surface area (Å²) in [5, 5.41) is 9.93. The van der Waals surface area contributed by atoms with Crippen molar-refractivity contribution in [2.45, 2.75) is 0 Å². The second kappa shape index (κ2) is 6.68. The molecule has 0 radical (unpaired) electrons. The summed E-state index contributed by atoms with van der Waals surface area (Å²) in [5.74, 6) is -0.341. The highest BCUT2D eigenvalue weighted by molar-refractivity contribution is 7.15. The third kappa shape index (κ3) is 3.05. The number of methoxy groups -OCH3 is 1. The number of halogens is 2. The number of hydrogen-bond donors (Lipinski definition) is 1. The summed E-state index contributed by atoms with van der Waals surface area (Å²) in [4.78, 5) is 17.5. The van der Waals surface area contributed by atoms with E-state index in [4.69, 9.17) is 16.3 Å². The number of imidazole rings is 1. The van der Waals surface area contributed by atoms with Crippen LogP contribution >= 0.6 is 22.9 Å². The Balaban J connectivity index is 1.83. The Kier molecular flexibility index (Phi) is 4.33. The molecule has 2 aromatic carbocycles. The molecule has 0 aliphatic rings. The van der Waals surface area contributed by atoms with Crippen molar-refractivity contribution < 1.29 is 14.2 Å². The number of aromatic nitrogens is 2. The zero-order chi connectivity index (χ0) is 19.1. The molecule has 27 heavy (non-hydrogen) atoms. The minimum Gasteiger partial charge on any atom is -0.503 e. The summed E-state index contributed by atoms with van der Waals surface area (Å²) < 4.78 is 20.8. The van der Waals surface area contributed by atoms with Gasteiger partial charge in [0, 0.05) is 11.8 Å². The molecule has 4 rings (SSSR count). The van der Waals surface area contributed by atoms with Crippen molar-refractivity contribution in [3.05, 3.63) is 73.9 Å². The summed E-state index contributed by atoms with van der Waals surface area (Å²) in [6.07, 6.45) is 3.16. The predicted molar refractivity (Wildman–Crippen MR) is 103 cm³/mol. The van der Waals surface area contributed by atoms with E-state index in [2.05, 4.69) is 4.98 Å². The summed E-state index contributed by atoms with van der Waals surface area (Å²) in [6.45, 7) is 0. The molecule has 0 aliphatic carbocycles. The third-order valence-corrected chi connectivity index (χ3v) is 5.29. The number of phenols is 1. The fraction of sp³-hybridized carbons (Fsp3) is 0.0526. The van der Waals surface area contributed by atoms with Gasteiger partial charge in [0.1, 0.15) is 5.82 Å². The first-order valence-electron chi connectivity index (χ1n) is 7.83. The highest BCUT2D eigenvalue weighted by Crippen LogP contribution is 2.35. The average molecular weight is 403 g/mol. The SMILES string of the molecule is COc1cc(/C=c2\sc3nc(-c4ccccc4F)cn3c2=O)cc(Cl)c1O. The number of fused-ring (bicyclic) bond motifs is 1. The molecule has 0 saturated heterocycles. The van der Waals surface area contributed by atoms with Gasteiger partial charge in [-0.05, 0) is 35.9 Å². The molecule has 0 atom stereocenters. The maximum Gasteiger partial charge on any atom is 0.274 e. The molecular weight excluding hydrogens is 391 g/mol. The van der Waals surface area contributed by atoms with Crippen LogP contribution in [-0.2, 0) is 0 Å². The van der Waals surface area contributed by atoms with Gasteiger partial charge in [-0.1, -0.05) is 35.1 Å². The van der Waals surface area contributed by atoms with E-state index >= 15 is 0 Å². The van der Waals surface area contributed by atoms with Crippen LogP contribution in [0.15, 0.2) is 47.4 Å². The van der Waals surface area contributed by atoms with Crippen molar-refractivity contribution in [3.63, 3.8) is 0 Å². The Morgan fingerprint density at radius 3 is 2.81 bits per heavy atom. The van der Waals surface area contributed by atoms with Crippen LogP contribution in [0.1, 0.15) is 5.56 Å². The van der Waals surface area contributed by atoms with Gasteiger partial charge in [-0.3, -0.25) is 9.20 Å². The molecule has 2 heterocycles. The van der Waals surface area contributed by atoms with Crippen LogP contribution < -0.4 is 14.8 Å². The summed E-state index contributed by atoms with van der Waals surface area (Å²) >= 11 is 7.17. The number of aromatic hydroxyl groups is 1. The average Bonchev–Trinajstić information content (AvgIpc) is 3.18. The Bertz CT molecular complexity index is 1280. The standard InChI is InChI=1S/C19H12ClFN2O3S/c1-26-15-7-10(6-12(20)17(15)24)8-16-18(25)23-9-14(22-19(23)27-16)11-4-2-3-5-13(11)21/h2-9,24H,1H3/b16-8-. The van der Waals surface area contributed by atoms with Gasteiger partial charge in [0.15, 0.2) is 16.5 Å². The lowest BCUT2D eigenvalue weighted by molar-refractivity contribution is 0.373. The van der Waals surface area contributed by atoms with Crippen LogP contribution in [0.5, 0.6) is 11.5 Å². The quantitative estimate of drug-likeness (QED) is 0.570. The Morgan fingerprint density at radius 2 is 2.11 bits per heavy atom. The van der Waals surface area contributed by atoms with Crippen LogP contribution in [0.2, 0.25) is 5.02 Å². The van der Waals surface area contributed by atoms with Crippen LogP contribution in [0, 0.1) is 5.82 Å². The van der Waals surface area contributed by atoms with E-state index in [1.54, 1.807) is 30.3 Å². The molecule has 0 unspecified atom stereocenters. The zero-order valence-corrected chi connectivity index (χ0v) is 15.5. The Labute approximate surface area is 161 Å². The molecule has 0 saturated carbocycles. The molecule has 5 nitrogen and oxygen atoms in total. The van der Waals surface area contributed by atoms with Crippen molar-refractivity contribution in [1.29, 1.82) is 0 Å². The van der Waals surface area contributed by atoms with Crippen molar-refractivity contribution in [1.82, 2.24) is 9.38 Å². The van der Waals surface area contributed by atoms with E-state index in [0.29, 0.717) is 26.3 Å². The van der Waals surface area contributed by atoms with E-state index in [-0.39, 0.29) is 22.1 Å². The Hall–Kier alpha value is -2.90. The highest BCUT2D eigenvalue weighted by Gasteiger charge is 2.13. The fourth-order valence-electron chi connectivity index (χ4n) is 2.72. The third-order valence-electron chi connectivity index (χ3n) is 4.02. The van der Waals surface area contributed by atoms with E-state index in [0.717, 1.165) is 0 Å². The van der Waals surface area contributed by atoms with Gasteiger partial charge < -0.3 is 9.84 Å². The lowest BCUT2D eigenvalue weighted by atomic mass is 10.1. The number of benzene rings is 2. The molecule has 1 N–H and O–H groups in total. The fourth-order valence-corrected chi connectivity index (χ4v) is 3.89. The summed E-state index contributed by atoms with van der Waals surface area (Å²) in [6, 6.07) is 9.39. The van der Waals surface area contributed by atoms with Gasteiger partial charge >= 0.3 is 0 Å². The molecule has 2 aromatic heterocycles. The van der Waals surface area contributed by atoms with Crippen molar-refractivity contribution >= 4 is 34.0 Å². The van der Waals surface area contributed by atoms with Crippen LogP contribution in [0.25, 0.3) is 22.3 Å². The number of phenolic OH excluding ortho intramolecular Hbond substituents is 1. The first-order valence-corrected chi connectivity index (χ1v) is 9.02. The van der Waals surface area contributed by atoms with Gasteiger partial charge in [-0.25, -0.2) is 9.37 Å². The van der Waals surface area contributed by atoms with Crippen molar-refractivity contribution in [3.8, 4) is 22.8 Å². The van der Waals surface area contributed by atoms with E-state index in [9.17, 15) is 14.3 Å². The molecule has 8 heteroatoms. The lowest BCUT2D eigenvalue weighted by Gasteiger charge is -2.05. The number of hydrogen-bond acceptors (Lipinski definition) is 5. The van der Waals surface area contributed by atoms with E-state index in [1.165, 1.54) is 41.2 Å². The summed E-state index contributed by atoms with van der Waals surface area (Å²) in [7, 11) is 1.41. The molecule has 0 fully saturated rings. The molecule has 0 amide bonds. The van der Waals surface area contributed by atoms with E-state index < -0.39 is 5.82 Å². The van der Waals surface area contributed by atoms with Gasteiger partial charge in [-0.15, -0.1) is 0 Å². The largest absolute Gasteiger partial charge is 0.503 e. The number of ether oxygens (including phenoxy) is 1. The van der Waals surface area contributed by atoms with Gasteiger partial charge in [0.25, 0.3) is 5.56 Å². The highest BCUT2D eigenvalue weighted by atomic mass is 35.5. The van der Waals surface area contributed by atoms with Crippen LogP contribution in [0.3, 0.4) is 0 Å². The molecule has 0 aliphatic heterocycles. The van der Waals surface area contributed by atoms with Gasteiger partial charge in [-0.2, -0.15) is 0 Å².